The molecule has 1 unspecified atom stereocenters. The average Bonchev–Trinajstić information content (AvgIpc) is 2.38. The molecule has 1 aromatic carbocycles. The van der Waals surface area contributed by atoms with Crippen molar-refractivity contribution in [2.24, 2.45) is 11.1 Å². The summed E-state index contributed by atoms with van der Waals surface area (Å²) in [5, 5.41) is 0. The molecule has 0 saturated heterocycles. The Morgan fingerprint density at radius 3 is 2.65 bits per heavy atom. The molecule has 1 aliphatic heterocycles. The normalized spacial score (nSPS) is 19.7. The summed E-state index contributed by atoms with van der Waals surface area (Å²) in [5.41, 5.74) is 9.19. The van der Waals surface area contributed by atoms with Crippen LogP contribution in [0.4, 0.5) is 0 Å². The highest BCUT2D eigenvalue weighted by Crippen LogP contribution is 2.25. The molecule has 1 atom stereocenters. The first-order chi connectivity index (χ1) is 8.17. The van der Waals surface area contributed by atoms with Gasteiger partial charge in [-0.25, -0.2) is 0 Å². The van der Waals surface area contributed by atoms with Crippen LogP contribution >= 0.6 is 0 Å². The molecule has 1 aliphatic rings. The molecule has 2 rings (SSSR count). The topological polar surface area (TPSA) is 29.3 Å². The van der Waals surface area contributed by atoms with E-state index in [1.807, 2.05) is 0 Å². The Hall–Kier alpha value is -0.860. The van der Waals surface area contributed by atoms with Crippen molar-refractivity contribution in [2.75, 3.05) is 19.6 Å². The van der Waals surface area contributed by atoms with Crippen LogP contribution in [0.1, 0.15) is 31.4 Å². The zero-order valence-corrected chi connectivity index (χ0v) is 11.1. The predicted molar refractivity (Wildman–Crippen MR) is 72.9 cm³/mol. The van der Waals surface area contributed by atoms with Gasteiger partial charge in [0.15, 0.2) is 0 Å². The lowest BCUT2D eigenvalue weighted by Gasteiger charge is -2.36. The predicted octanol–water partition coefficient (Wildman–Crippen LogP) is 2.42. The first-order valence-corrected chi connectivity index (χ1v) is 6.66. The number of hydrogen-bond acceptors (Lipinski definition) is 2. The lowest BCUT2D eigenvalue weighted by molar-refractivity contribution is 0.152. The van der Waals surface area contributed by atoms with Gasteiger partial charge in [0.25, 0.3) is 0 Å². The number of benzene rings is 1. The number of nitrogens with two attached hydrogens (primary N) is 1. The molecule has 1 heterocycles. The van der Waals surface area contributed by atoms with Crippen molar-refractivity contribution in [1.82, 2.24) is 4.90 Å². The van der Waals surface area contributed by atoms with Crippen molar-refractivity contribution >= 4 is 0 Å². The molecule has 0 radical (unpaired) electrons. The summed E-state index contributed by atoms with van der Waals surface area (Å²) < 4.78 is 0. The van der Waals surface area contributed by atoms with Gasteiger partial charge in [0.1, 0.15) is 0 Å². The summed E-state index contributed by atoms with van der Waals surface area (Å²) in [7, 11) is 0. The molecule has 0 saturated carbocycles. The van der Waals surface area contributed by atoms with Gasteiger partial charge in [-0.15, -0.1) is 0 Å². The monoisotopic (exact) mass is 232 g/mol. The maximum Gasteiger partial charge on any atom is 0.0236 e. The summed E-state index contributed by atoms with van der Waals surface area (Å²) in [6.07, 6.45) is 2.34. The Morgan fingerprint density at radius 2 is 2.00 bits per heavy atom. The minimum Gasteiger partial charge on any atom is -0.330 e. The molecule has 2 heteroatoms. The SMILES string of the molecule is CCC(C)(CN)CN1CCc2ccccc2C1. The Bertz CT molecular complexity index is 369. The maximum absolute atomic E-state index is 5.90. The van der Waals surface area contributed by atoms with Crippen LogP contribution in [0.15, 0.2) is 24.3 Å². The van der Waals surface area contributed by atoms with E-state index >= 15 is 0 Å². The van der Waals surface area contributed by atoms with Gasteiger partial charge in [-0.3, -0.25) is 4.90 Å². The quantitative estimate of drug-likeness (QED) is 0.864. The molecule has 2 N–H and O–H groups in total. The van der Waals surface area contributed by atoms with Crippen molar-refractivity contribution in [1.29, 1.82) is 0 Å². The maximum atomic E-state index is 5.90. The highest BCUT2D eigenvalue weighted by Gasteiger charge is 2.25. The van der Waals surface area contributed by atoms with Crippen molar-refractivity contribution in [2.45, 2.75) is 33.2 Å². The van der Waals surface area contributed by atoms with Gasteiger partial charge in [0, 0.05) is 19.6 Å². The Kier molecular flexibility index (Phi) is 3.85. The minimum absolute atomic E-state index is 0.270. The molecule has 2 nitrogen and oxygen atoms in total. The molecule has 0 amide bonds. The van der Waals surface area contributed by atoms with Crippen molar-refractivity contribution < 1.29 is 0 Å². The van der Waals surface area contributed by atoms with Gasteiger partial charge < -0.3 is 5.73 Å². The van der Waals surface area contributed by atoms with E-state index in [0.29, 0.717) is 0 Å². The number of fused-ring (bicyclic) bond motifs is 1. The van der Waals surface area contributed by atoms with Crippen LogP contribution in [-0.4, -0.2) is 24.5 Å². The third kappa shape index (κ3) is 2.88. The fourth-order valence-corrected chi connectivity index (χ4v) is 2.55. The number of nitrogens with zero attached hydrogens (tertiary/aromatic N) is 1. The summed E-state index contributed by atoms with van der Waals surface area (Å²) in [4.78, 5) is 2.55. The van der Waals surface area contributed by atoms with Gasteiger partial charge in [0.2, 0.25) is 0 Å². The van der Waals surface area contributed by atoms with E-state index in [0.717, 1.165) is 26.1 Å². The molecule has 0 fully saturated rings. The molecule has 17 heavy (non-hydrogen) atoms. The molecule has 0 spiro atoms. The van der Waals surface area contributed by atoms with E-state index in [-0.39, 0.29) is 5.41 Å². The highest BCUT2D eigenvalue weighted by atomic mass is 15.1. The lowest BCUT2D eigenvalue weighted by Crippen LogP contribution is -2.42. The van der Waals surface area contributed by atoms with E-state index in [4.69, 9.17) is 5.73 Å². The van der Waals surface area contributed by atoms with Gasteiger partial charge >= 0.3 is 0 Å². The Labute approximate surface area is 105 Å². The molecule has 94 valence electrons. The zero-order chi connectivity index (χ0) is 12.3. The second-order valence-corrected chi connectivity index (χ2v) is 5.60. The van der Waals surface area contributed by atoms with Crippen LogP contribution in [0.25, 0.3) is 0 Å². The number of hydrogen-bond donors (Lipinski definition) is 1. The lowest BCUT2D eigenvalue weighted by atomic mass is 9.86. The summed E-state index contributed by atoms with van der Waals surface area (Å²) in [6.45, 7) is 8.70. The second kappa shape index (κ2) is 5.19. The first kappa shape index (κ1) is 12.6. The minimum atomic E-state index is 0.270. The molecule has 0 aliphatic carbocycles. The van der Waals surface area contributed by atoms with E-state index in [2.05, 4.69) is 43.0 Å². The van der Waals surface area contributed by atoms with Crippen LogP contribution < -0.4 is 5.73 Å². The fraction of sp³-hybridized carbons (Fsp3) is 0.600. The smallest absolute Gasteiger partial charge is 0.0236 e. The fourth-order valence-electron chi connectivity index (χ4n) is 2.55. The van der Waals surface area contributed by atoms with Gasteiger partial charge in [-0.1, -0.05) is 38.1 Å². The third-order valence-corrected chi connectivity index (χ3v) is 4.16. The average molecular weight is 232 g/mol. The van der Waals surface area contributed by atoms with Crippen LogP contribution in [0.3, 0.4) is 0 Å². The van der Waals surface area contributed by atoms with E-state index in [9.17, 15) is 0 Å². The van der Waals surface area contributed by atoms with E-state index < -0.39 is 0 Å². The molecule has 1 aromatic rings. The van der Waals surface area contributed by atoms with Crippen molar-refractivity contribution in [3.63, 3.8) is 0 Å². The summed E-state index contributed by atoms with van der Waals surface area (Å²) in [5.74, 6) is 0. The zero-order valence-electron chi connectivity index (χ0n) is 11.1. The van der Waals surface area contributed by atoms with Crippen LogP contribution in [0, 0.1) is 5.41 Å². The molecule has 0 aromatic heterocycles. The van der Waals surface area contributed by atoms with Crippen LogP contribution in [-0.2, 0) is 13.0 Å². The molecule has 0 bridgehead atoms. The highest BCUT2D eigenvalue weighted by molar-refractivity contribution is 5.29. The van der Waals surface area contributed by atoms with Crippen LogP contribution in [0.5, 0.6) is 0 Å². The van der Waals surface area contributed by atoms with E-state index in [1.165, 1.54) is 24.1 Å². The first-order valence-electron chi connectivity index (χ1n) is 6.66. The largest absolute Gasteiger partial charge is 0.330 e. The number of rotatable bonds is 4. The van der Waals surface area contributed by atoms with Gasteiger partial charge in [-0.2, -0.15) is 0 Å². The summed E-state index contributed by atoms with van der Waals surface area (Å²) >= 11 is 0. The molecular formula is C15H24N2. The van der Waals surface area contributed by atoms with Gasteiger partial charge in [0.05, 0.1) is 0 Å². The van der Waals surface area contributed by atoms with Crippen molar-refractivity contribution in [3.8, 4) is 0 Å². The summed E-state index contributed by atoms with van der Waals surface area (Å²) in [6, 6.07) is 8.80. The van der Waals surface area contributed by atoms with Crippen molar-refractivity contribution in [3.05, 3.63) is 35.4 Å². The Morgan fingerprint density at radius 1 is 1.29 bits per heavy atom. The molecular weight excluding hydrogens is 208 g/mol. The third-order valence-electron chi connectivity index (χ3n) is 4.16. The standard InChI is InChI=1S/C15H24N2/c1-3-15(2,11-16)12-17-9-8-13-6-4-5-7-14(13)10-17/h4-7H,3,8-12,16H2,1-2H3. The Balaban J connectivity index is 2.03. The van der Waals surface area contributed by atoms with E-state index in [1.54, 1.807) is 0 Å². The second-order valence-electron chi connectivity index (χ2n) is 5.60. The van der Waals surface area contributed by atoms with Crippen LogP contribution in [0.2, 0.25) is 0 Å². The van der Waals surface area contributed by atoms with Gasteiger partial charge in [-0.05, 0) is 35.9 Å².